The molecule has 26 heavy (non-hydrogen) atoms. The van der Waals surface area contributed by atoms with Gasteiger partial charge in [-0.25, -0.2) is 4.39 Å². The summed E-state index contributed by atoms with van der Waals surface area (Å²) in [6.07, 6.45) is 3.20. The first-order valence-corrected chi connectivity index (χ1v) is 9.85. The van der Waals surface area contributed by atoms with Crippen molar-refractivity contribution in [3.8, 4) is 0 Å². The number of nitrogens with zero attached hydrogens (tertiary/aromatic N) is 2. The molecule has 5 nitrogen and oxygen atoms in total. The lowest BCUT2D eigenvalue weighted by atomic mass is 9.88. The topological polar surface area (TPSA) is 72.2 Å². The van der Waals surface area contributed by atoms with E-state index < -0.39 is 23.6 Å². The van der Waals surface area contributed by atoms with Gasteiger partial charge in [0.15, 0.2) is 0 Å². The van der Waals surface area contributed by atoms with E-state index in [9.17, 15) is 19.1 Å². The number of halogens is 3. The molecule has 8 heteroatoms. The number of carbonyl (C=O) groups excluding carboxylic acids is 1. The minimum atomic E-state index is -0.881. The number of rotatable bonds is 3. The minimum absolute atomic E-state index is 0.147. The molecule has 2 aliphatic rings. The zero-order chi connectivity index (χ0) is 18.6. The minimum Gasteiger partial charge on any atom is -0.481 e. The van der Waals surface area contributed by atoms with E-state index in [1.54, 1.807) is 6.07 Å². The largest absolute Gasteiger partial charge is 0.481 e. The molecular formula is C18H15ClFIN2O3. The smallest absolute Gasteiger partial charge is 0.306 e. The van der Waals surface area contributed by atoms with Crippen LogP contribution >= 0.6 is 34.2 Å². The molecule has 0 aliphatic heterocycles. The molecular weight excluding hydrogens is 474 g/mol. The molecule has 0 spiro atoms. The van der Waals surface area contributed by atoms with Gasteiger partial charge in [0.2, 0.25) is 0 Å². The van der Waals surface area contributed by atoms with Crippen molar-refractivity contribution in [2.75, 3.05) is 0 Å². The van der Waals surface area contributed by atoms with Gasteiger partial charge in [-0.3, -0.25) is 9.59 Å². The van der Waals surface area contributed by atoms with Crippen LogP contribution in [-0.4, -0.2) is 26.8 Å². The average molecular weight is 489 g/mol. The Morgan fingerprint density at radius 1 is 1.31 bits per heavy atom. The predicted molar refractivity (Wildman–Crippen MR) is 101 cm³/mol. The molecule has 0 saturated heterocycles. The summed E-state index contributed by atoms with van der Waals surface area (Å²) in [5, 5.41) is 13.5. The third-order valence-corrected chi connectivity index (χ3v) is 6.36. The molecule has 2 aromatic rings. The van der Waals surface area contributed by atoms with Crippen LogP contribution in [-0.2, 0) is 17.6 Å². The number of fused-ring (bicyclic) bond motifs is 1. The van der Waals surface area contributed by atoms with E-state index in [4.69, 9.17) is 11.6 Å². The number of carboxylic acids is 1. The Labute approximate surface area is 167 Å². The molecule has 1 aromatic heterocycles. The van der Waals surface area contributed by atoms with E-state index in [1.165, 1.54) is 10.7 Å². The molecule has 1 fully saturated rings. The summed E-state index contributed by atoms with van der Waals surface area (Å²) in [5.74, 6) is -2.34. The van der Waals surface area contributed by atoms with Crippen molar-refractivity contribution in [2.45, 2.75) is 38.0 Å². The van der Waals surface area contributed by atoms with E-state index in [-0.39, 0.29) is 22.9 Å². The molecule has 1 N–H and O–H groups in total. The third kappa shape index (κ3) is 2.94. The molecule has 4 rings (SSSR count). The van der Waals surface area contributed by atoms with E-state index >= 15 is 0 Å². The summed E-state index contributed by atoms with van der Waals surface area (Å²) < 4.78 is 15.9. The molecule has 1 heterocycles. The predicted octanol–water partition coefficient (Wildman–Crippen LogP) is 4.04. The van der Waals surface area contributed by atoms with Gasteiger partial charge in [0.1, 0.15) is 9.52 Å². The first-order valence-electron chi connectivity index (χ1n) is 8.40. The van der Waals surface area contributed by atoms with Gasteiger partial charge in [-0.05, 0) is 65.8 Å². The van der Waals surface area contributed by atoms with Crippen LogP contribution in [0, 0.1) is 15.4 Å². The molecule has 136 valence electrons. The van der Waals surface area contributed by atoms with E-state index in [0.717, 1.165) is 24.0 Å². The first kappa shape index (κ1) is 17.9. The van der Waals surface area contributed by atoms with Crippen LogP contribution in [0.2, 0.25) is 5.02 Å². The Morgan fingerprint density at radius 2 is 2.04 bits per heavy atom. The van der Waals surface area contributed by atoms with Crippen LogP contribution < -0.4 is 0 Å². The van der Waals surface area contributed by atoms with E-state index in [0.29, 0.717) is 22.2 Å². The van der Waals surface area contributed by atoms with Crippen molar-refractivity contribution in [3.05, 3.63) is 49.1 Å². The Balaban J connectivity index is 1.82. The lowest BCUT2D eigenvalue weighted by Crippen LogP contribution is -2.26. The van der Waals surface area contributed by atoms with Crippen LogP contribution in [0.3, 0.4) is 0 Å². The maximum atomic E-state index is 14.0. The zero-order valence-electron chi connectivity index (χ0n) is 13.6. The summed E-state index contributed by atoms with van der Waals surface area (Å²) in [6, 6.07) is 2.91. The van der Waals surface area contributed by atoms with Gasteiger partial charge in [0.05, 0.1) is 22.2 Å². The maximum Gasteiger partial charge on any atom is 0.306 e. The normalized spacial score (nSPS) is 19.3. The molecule has 0 amide bonds. The highest BCUT2D eigenvalue weighted by molar-refractivity contribution is 14.1. The van der Waals surface area contributed by atoms with Crippen molar-refractivity contribution < 1.29 is 19.1 Å². The summed E-state index contributed by atoms with van der Waals surface area (Å²) in [6.45, 7) is 0. The van der Waals surface area contributed by atoms with Crippen LogP contribution in [0.1, 0.15) is 52.4 Å². The molecule has 1 saturated carbocycles. The number of carboxylic acid groups (broad SMARTS) is 1. The SMILES string of the molecule is O=C(O)C1CCc2c(I)nn(C(=O)c3c(C4CC4)ccc(F)c3Cl)c2C1. The van der Waals surface area contributed by atoms with Gasteiger partial charge in [-0.1, -0.05) is 17.7 Å². The Kier molecular flexibility index (Phi) is 4.54. The van der Waals surface area contributed by atoms with Gasteiger partial charge < -0.3 is 5.11 Å². The second-order valence-corrected chi connectivity index (χ2v) is 8.21. The molecule has 0 radical (unpaired) electrons. The lowest BCUT2D eigenvalue weighted by Gasteiger charge is -2.20. The Bertz CT molecular complexity index is 939. The summed E-state index contributed by atoms with van der Waals surface area (Å²) in [7, 11) is 0. The molecule has 1 unspecified atom stereocenters. The van der Waals surface area contributed by atoms with Crippen molar-refractivity contribution in [1.29, 1.82) is 0 Å². The first-order chi connectivity index (χ1) is 12.4. The highest BCUT2D eigenvalue weighted by Crippen LogP contribution is 2.44. The Hall–Kier alpha value is -1.48. The Morgan fingerprint density at radius 3 is 2.69 bits per heavy atom. The number of benzene rings is 1. The second kappa shape index (κ2) is 6.60. The summed E-state index contributed by atoms with van der Waals surface area (Å²) in [4.78, 5) is 24.6. The number of aliphatic carboxylic acids is 1. The fourth-order valence-corrected chi connectivity index (χ4v) is 4.62. The van der Waals surface area contributed by atoms with Crippen LogP contribution in [0.25, 0.3) is 0 Å². The van der Waals surface area contributed by atoms with Crippen molar-refractivity contribution >= 4 is 46.1 Å². The zero-order valence-corrected chi connectivity index (χ0v) is 16.6. The highest BCUT2D eigenvalue weighted by atomic mass is 127. The van der Waals surface area contributed by atoms with Gasteiger partial charge in [-0.15, -0.1) is 0 Å². The average Bonchev–Trinajstić information content (AvgIpc) is 3.40. The van der Waals surface area contributed by atoms with Crippen molar-refractivity contribution in [3.63, 3.8) is 0 Å². The maximum absolute atomic E-state index is 14.0. The van der Waals surface area contributed by atoms with Gasteiger partial charge in [-0.2, -0.15) is 9.78 Å². The van der Waals surface area contributed by atoms with E-state index in [1.807, 2.05) is 0 Å². The lowest BCUT2D eigenvalue weighted by molar-refractivity contribution is -0.142. The number of carbonyl (C=O) groups is 2. The van der Waals surface area contributed by atoms with Gasteiger partial charge in [0.25, 0.3) is 5.91 Å². The fourth-order valence-electron chi connectivity index (χ4n) is 3.57. The third-order valence-electron chi connectivity index (χ3n) is 5.12. The summed E-state index contributed by atoms with van der Waals surface area (Å²) >= 11 is 8.20. The summed E-state index contributed by atoms with van der Waals surface area (Å²) in [5.41, 5.74) is 2.39. The highest BCUT2D eigenvalue weighted by Gasteiger charge is 2.35. The van der Waals surface area contributed by atoms with Gasteiger partial charge >= 0.3 is 5.97 Å². The standard InChI is InChI=1S/C18H15ClFIN2O3/c19-15-12(20)6-5-10(8-1-2-8)14(15)17(24)23-13-7-9(18(25)26)3-4-11(13)16(21)22-23/h5-6,8-9H,1-4,7H2,(H,25,26). The van der Waals surface area contributed by atoms with Crippen molar-refractivity contribution in [1.82, 2.24) is 9.78 Å². The van der Waals surface area contributed by atoms with E-state index in [2.05, 4.69) is 27.7 Å². The van der Waals surface area contributed by atoms with Crippen LogP contribution in [0.5, 0.6) is 0 Å². The number of hydrogen-bond acceptors (Lipinski definition) is 3. The van der Waals surface area contributed by atoms with Crippen LogP contribution in [0.15, 0.2) is 12.1 Å². The fraction of sp³-hybridized carbons (Fsp3) is 0.389. The molecule has 2 aliphatic carbocycles. The number of hydrogen-bond donors (Lipinski definition) is 1. The van der Waals surface area contributed by atoms with Gasteiger partial charge in [0, 0.05) is 12.0 Å². The molecule has 1 atom stereocenters. The molecule has 0 bridgehead atoms. The monoisotopic (exact) mass is 488 g/mol. The number of aromatic nitrogens is 2. The van der Waals surface area contributed by atoms with Crippen molar-refractivity contribution in [2.24, 2.45) is 5.92 Å². The molecule has 1 aromatic carbocycles. The van der Waals surface area contributed by atoms with Crippen LogP contribution in [0.4, 0.5) is 4.39 Å². The second-order valence-electron chi connectivity index (χ2n) is 6.81. The quantitative estimate of drug-likeness (QED) is 0.662.